The van der Waals surface area contributed by atoms with Crippen LogP contribution in [-0.2, 0) is 9.47 Å². The first kappa shape index (κ1) is 22.0. The molecule has 4 rings (SSSR count). The van der Waals surface area contributed by atoms with E-state index in [0.717, 1.165) is 6.07 Å². The zero-order valence-corrected chi connectivity index (χ0v) is 16.4. The quantitative estimate of drug-likeness (QED) is 0.288. The minimum Gasteiger partial charge on any atom is -0.508 e. The summed E-state index contributed by atoms with van der Waals surface area (Å²) in [6.07, 6.45) is -7.44. The first-order valence-corrected chi connectivity index (χ1v) is 9.63. The molecule has 0 aliphatic carbocycles. The van der Waals surface area contributed by atoms with E-state index in [2.05, 4.69) is 0 Å². The second-order valence-electron chi connectivity index (χ2n) is 7.48. The number of aliphatic hydroxyl groups is 4. The van der Waals surface area contributed by atoms with Crippen molar-refractivity contribution in [3.8, 4) is 28.7 Å². The molecule has 0 spiro atoms. The molecule has 2 aliphatic heterocycles. The lowest BCUT2D eigenvalue weighted by Gasteiger charge is -2.41. The lowest BCUT2D eigenvalue weighted by Crippen LogP contribution is -2.59. The van der Waals surface area contributed by atoms with Crippen LogP contribution in [0.2, 0.25) is 0 Å². The summed E-state index contributed by atoms with van der Waals surface area (Å²) < 4.78 is 17.0. The number of fused-ring (bicyclic) bond motifs is 1. The van der Waals surface area contributed by atoms with Gasteiger partial charge in [0.05, 0.1) is 12.2 Å². The molecule has 11 nitrogen and oxygen atoms in total. The fourth-order valence-electron chi connectivity index (χ4n) is 3.57. The summed E-state index contributed by atoms with van der Waals surface area (Å²) in [5.74, 6) is -1.36. The van der Waals surface area contributed by atoms with Gasteiger partial charge in [0.1, 0.15) is 47.4 Å². The number of phenolic OH excluding ortho intramolecular Hbond substituents is 4. The van der Waals surface area contributed by atoms with E-state index in [1.54, 1.807) is 0 Å². The van der Waals surface area contributed by atoms with Crippen molar-refractivity contribution in [2.24, 2.45) is 0 Å². The van der Waals surface area contributed by atoms with E-state index in [1.807, 2.05) is 0 Å². The van der Waals surface area contributed by atoms with Gasteiger partial charge in [-0.3, -0.25) is 0 Å². The molecule has 32 heavy (non-hydrogen) atoms. The molecule has 1 unspecified atom stereocenters. The number of phenols is 4. The van der Waals surface area contributed by atoms with Gasteiger partial charge in [-0.05, 0) is 18.2 Å². The average molecular weight is 450 g/mol. The molecular formula is C21H22O11. The smallest absolute Gasteiger partial charge is 0.228 e. The summed E-state index contributed by atoms with van der Waals surface area (Å²) in [6, 6.07) is 6.19. The number of hydrogen-bond acceptors (Lipinski definition) is 11. The number of hydrogen-bond donors (Lipinski definition) is 8. The summed E-state index contributed by atoms with van der Waals surface area (Å²) in [5, 5.41) is 79.2. The van der Waals surface area contributed by atoms with E-state index in [-0.39, 0.29) is 34.3 Å². The van der Waals surface area contributed by atoms with E-state index in [4.69, 9.17) is 14.2 Å². The summed E-state index contributed by atoms with van der Waals surface area (Å²) in [7, 11) is 0. The minimum atomic E-state index is -1.70. The van der Waals surface area contributed by atoms with Gasteiger partial charge in [0.25, 0.3) is 0 Å². The third-order valence-electron chi connectivity index (χ3n) is 5.30. The van der Waals surface area contributed by atoms with Crippen LogP contribution in [0.15, 0.2) is 36.1 Å². The van der Waals surface area contributed by atoms with Crippen LogP contribution in [-0.4, -0.2) is 78.2 Å². The monoisotopic (exact) mass is 450 g/mol. The van der Waals surface area contributed by atoms with Crippen molar-refractivity contribution < 1.29 is 55.1 Å². The minimum absolute atomic E-state index is 0.0343. The maximum Gasteiger partial charge on any atom is 0.228 e. The first-order chi connectivity index (χ1) is 15.2. The molecule has 2 aromatic carbocycles. The number of aliphatic hydroxyl groups excluding tert-OH is 4. The molecule has 0 saturated carbocycles. The first-order valence-electron chi connectivity index (χ1n) is 9.63. The van der Waals surface area contributed by atoms with Crippen LogP contribution in [0.1, 0.15) is 17.2 Å². The van der Waals surface area contributed by atoms with Gasteiger partial charge >= 0.3 is 0 Å². The van der Waals surface area contributed by atoms with Crippen molar-refractivity contribution in [3.63, 3.8) is 0 Å². The zero-order chi connectivity index (χ0) is 23.2. The Morgan fingerprint density at radius 3 is 2.28 bits per heavy atom. The maximum atomic E-state index is 10.3. The second-order valence-corrected chi connectivity index (χ2v) is 7.48. The summed E-state index contributed by atoms with van der Waals surface area (Å²) in [5.41, 5.74) is 0.436. The Kier molecular flexibility index (Phi) is 5.75. The molecule has 2 aliphatic rings. The Bertz CT molecular complexity index is 1030. The maximum absolute atomic E-state index is 10.3. The SMILES string of the molecule is OC[C@@H]1O[C@@H](OC2=Cc3c(O)cc(O)cc3OC2c2ccc(O)c(O)c2)[C@@H](O)[C@H](O)[C@@H]1O. The lowest BCUT2D eigenvalue weighted by atomic mass is 9.98. The van der Waals surface area contributed by atoms with E-state index in [9.17, 15) is 40.9 Å². The van der Waals surface area contributed by atoms with E-state index >= 15 is 0 Å². The van der Waals surface area contributed by atoms with Crippen molar-refractivity contribution in [1.29, 1.82) is 0 Å². The Labute approximate surface area is 181 Å². The van der Waals surface area contributed by atoms with Gasteiger partial charge in [-0.15, -0.1) is 0 Å². The third kappa shape index (κ3) is 3.87. The molecule has 2 heterocycles. The summed E-state index contributed by atoms with van der Waals surface area (Å²) in [4.78, 5) is 0. The van der Waals surface area contributed by atoms with Crippen molar-refractivity contribution in [1.82, 2.24) is 0 Å². The Balaban J connectivity index is 1.74. The molecule has 0 radical (unpaired) electrons. The predicted octanol–water partition coefficient (Wildman–Crippen LogP) is -0.200. The number of ether oxygens (including phenoxy) is 3. The van der Waals surface area contributed by atoms with Crippen LogP contribution in [0.3, 0.4) is 0 Å². The highest BCUT2D eigenvalue weighted by atomic mass is 16.7. The molecule has 8 N–H and O–H groups in total. The summed E-state index contributed by atoms with van der Waals surface area (Å²) >= 11 is 0. The van der Waals surface area contributed by atoms with E-state index in [1.165, 1.54) is 30.3 Å². The van der Waals surface area contributed by atoms with Crippen molar-refractivity contribution in [2.45, 2.75) is 36.8 Å². The van der Waals surface area contributed by atoms with Crippen LogP contribution in [0.25, 0.3) is 6.08 Å². The van der Waals surface area contributed by atoms with Crippen molar-refractivity contribution >= 4 is 6.08 Å². The second kappa shape index (κ2) is 8.37. The van der Waals surface area contributed by atoms with Crippen LogP contribution in [0.5, 0.6) is 28.7 Å². The molecule has 6 atom stereocenters. The van der Waals surface area contributed by atoms with Gasteiger partial charge in [-0.2, -0.15) is 0 Å². The van der Waals surface area contributed by atoms with Crippen LogP contribution >= 0.6 is 0 Å². The molecule has 0 aromatic heterocycles. The fourth-order valence-corrected chi connectivity index (χ4v) is 3.57. The number of benzene rings is 2. The van der Waals surface area contributed by atoms with Gasteiger partial charge < -0.3 is 55.1 Å². The summed E-state index contributed by atoms with van der Waals surface area (Å²) in [6.45, 7) is -0.654. The predicted molar refractivity (Wildman–Crippen MR) is 106 cm³/mol. The highest BCUT2D eigenvalue weighted by Gasteiger charge is 2.46. The number of aromatic hydroxyl groups is 4. The Hall–Kier alpha value is -3.22. The van der Waals surface area contributed by atoms with Gasteiger partial charge in [0.15, 0.2) is 17.6 Å². The zero-order valence-electron chi connectivity index (χ0n) is 16.4. The van der Waals surface area contributed by atoms with Gasteiger partial charge in [-0.25, -0.2) is 0 Å². The number of rotatable bonds is 4. The van der Waals surface area contributed by atoms with Crippen LogP contribution < -0.4 is 4.74 Å². The fraction of sp³-hybridized carbons (Fsp3) is 0.333. The average Bonchev–Trinajstić information content (AvgIpc) is 2.76. The molecule has 1 fully saturated rings. The lowest BCUT2D eigenvalue weighted by molar-refractivity contribution is -0.293. The van der Waals surface area contributed by atoms with Crippen LogP contribution in [0, 0.1) is 0 Å². The molecule has 2 aromatic rings. The normalized spacial score (nSPS) is 29.6. The molecule has 0 amide bonds. The Morgan fingerprint density at radius 1 is 0.844 bits per heavy atom. The largest absolute Gasteiger partial charge is 0.508 e. The molecule has 11 heteroatoms. The molecule has 172 valence electrons. The standard InChI is InChI=1S/C21H22O11/c22-7-16-17(27)18(28)19(29)21(32-16)31-15-6-10-12(25)4-9(23)5-14(10)30-20(15)8-1-2-11(24)13(26)3-8/h1-6,16-29H,7H2/t16-,17+,18+,19-,20?,21+/m0/s1. The molecular weight excluding hydrogens is 428 g/mol. The van der Waals surface area contributed by atoms with E-state index in [0.29, 0.717) is 5.56 Å². The topological polar surface area (TPSA) is 190 Å². The van der Waals surface area contributed by atoms with E-state index < -0.39 is 49.2 Å². The third-order valence-corrected chi connectivity index (χ3v) is 5.30. The van der Waals surface area contributed by atoms with Crippen molar-refractivity contribution in [3.05, 3.63) is 47.2 Å². The molecule has 1 saturated heterocycles. The van der Waals surface area contributed by atoms with Gasteiger partial charge in [-0.1, -0.05) is 6.07 Å². The van der Waals surface area contributed by atoms with Crippen LogP contribution in [0.4, 0.5) is 0 Å². The highest BCUT2D eigenvalue weighted by molar-refractivity contribution is 5.69. The Morgan fingerprint density at radius 2 is 1.59 bits per heavy atom. The van der Waals surface area contributed by atoms with Gasteiger partial charge in [0, 0.05) is 17.7 Å². The highest BCUT2D eigenvalue weighted by Crippen LogP contribution is 2.45. The van der Waals surface area contributed by atoms with Crippen molar-refractivity contribution in [2.75, 3.05) is 6.61 Å². The molecule has 0 bridgehead atoms. The van der Waals surface area contributed by atoms with Gasteiger partial charge in [0.2, 0.25) is 6.29 Å².